The second kappa shape index (κ2) is 6.60. The number of anilines is 1. The second-order valence-electron chi connectivity index (χ2n) is 5.20. The Morgan fingerprint density at radius 2 is 2.04 bits per heavy atom. The van der Waals surface area contributed by atoms with E-state index in [2.05, 4.69) is 20.6 Å². The topological polar surface area (TPSA) is 64.3 Å². The number of hydrogen-bond acceptors (Lipinski definition) is 5. The molecule has 0 aliphatic heterocycles. The minimum Gasteiger partial charge on any atom is -0.486 e. The van der Waals surface area contributed by atoms with Gasteiger partial charge in [0.15, 0.2) is 23.0 Å². The third kappa shape index (κ3) is 3.39. The molecule has 0 aliphatic rings. The minimum absolute atomic E-state index is 0.161. The van der Waals surface area contributed by atoms with Crippen LogP contribution in [0.2, 0.25) is 0 Å². The van der Waals surface area contributed by atoms with Crippen LogP contribution >= 0.6 is 0 Å². The molecular weight excluding hydrogens is 297 g/mol. The average Bonchev–Trinajstić information content (AvgIpc) is 2.94. The fourth-order valence-electron chi connectivity index (χ4n) is 2.20. The van der Waals surface area contributed by atoms with Crippen molar-refractivity contribution < 1.29 is 9.13 Å². The summed E-state index contributed by atoms with van der Waals surface area (Å²) in [6.07, 6.45) is 0.585. The maximum absolute atomic E-state index is 13.7. The molecule has 7 heteroatoms. The van der Waals surface area contributed by atoms with Crippen LogP contribution in [0.15, 0.2) is 36.4 Å². The zero-order chi connectivity index (χ0) is 16.2. The number of hydrogen-bond donors (Lipinski definition) is 1. The highest BCUT2D eigenvalue weighted by Gasteiger charge is 2.12. The number of aromatic nitrogens is 4. The Morgan fingerprint density at radius 3 is 2.83 bits per heavy atom. The Labute approximate surface area is 133 Å². The van der Waals surface area contributed by atoms with Gasteiger partial charge in [-0.1, -0.05) is 19.1 Å². The molecule has 23 heavy (non-hydrogen) atoms. The summed E-state index contributed by atoms with van der Waals surface area (Å²) in [5, 5.41) is 15.6. The predicted octanol–water partition coefficient (Wildman–Crippen LogP) is 2.84. The summed E-state index contributed by atoms with van der Waals surface area (Å²) in [7, 11) is 0. The number of halogens is 1. The lowest BCUT2D eigenvalue weighted by atomic mass is 10.2. The van der Waals surface area contributed by atoms with Crippen molar-refractivity contribution in [3.05, 3.63) is 48.0 Å². The van der Waals surface area contributed by atoms with E-state index in [-0.39, 0.29) is 17.7 Å². The molecule has 0 bridgehead atoms. The van der Waals surface area contributed by atoms with E-state index in [1.807, 2.05) is 26.0 Å². The van der Waals surface area contributed by atoms with E-state index in [1.165, 1.54) is 6.07 Å². The number of rotatable bonds is 6. The minimum atomic E-state index is -0.356. The summed E-state index contributed by atoms with van der Waals surface area (Å²) in [6.45, 7) is 4.35. The molecule has 120 valence electrons. The largest absolute Gasteiger partial charge is 0.486 e. The first-order valence-corrected chi connectivity index (χ1v) is 7.51. The van der Waals surface area contributed by atoms with Gasteiger partial charge in [-0.3, -0.25) is 0 Å². The van der Waals surface area contributed by atoms with Crippen molar-refractivity contribution in [2.45, 2.75) is 26.4 Å². The molecule has 3 aromatic rings. The molecule has 0 saturated heterocycles. The monoisotopic (exact) mass is 315 g/mol. The van der Waals surface area contributed by atoms with E-state index >= 15 is 0 Å². The number of nitrogens with one attached hydrogen (secondary N) is 1. The lowest BCUT2D eigenvalue weighted by Gasteiger charge is -2.18. The molecule has 1 aromatic carbocycles. The van der Waals surface area contributed by atoms with Crippen LogP contribution in [0.1, 0.15) is 19.2 Å². The van der Waals surface area contributed by atoms with Crippen LogP contribution in [0.4, 0.5) is 10.2 Å². The standard InChI is InChI=1S/C16H18FN5O/c1-3-12(23-14-7-5-4-6-13(14)17)10-18-15-8-9-16-20-19-11(2)22(16)21-15/h4-9,12H,3,10H2,1-2H3,(H,18,21)/t12-/m1/s1. The third-order valence-corrected chi connectivity index (χ3v) is 3.52. The Kier molecular flexibility index (Phi) is 4.36. The molecule has 0 saturated carbocycles. The summed E-state index contributed by atoms with van der Waals surface area (Å²) >= 11 is 0. The molecule has 3 rings (SSSR count). The summed E-state index contributed by atoms with van der Waals surface area (Å²) in [6, 6.07) is 10.1. The van der Waals surface area contributed by atoms with E-state index < -0.39 is 0 Å². The van der Waals surface area contributed by atoms with Crippen LogP contribution in [-0.2, 0) is 0 Å². The average molecular weight is 315 g/mol. The van der Waals surface area contributed by atoms with Gasteiger partial charge in [-0.25, -0.2) is 4.39 Å². The quantitative estimate of drug-likeness (QED) is 0.758. The van der Waals surface area contributed by atoms with Crippen LogP contribution in [0, 0.1) is 12.7 Å². The maximum Gasteiger partial charge on any atom is 0.178 e. The van der Waals surface area contributed by atoms with Crippen LogP contribution < -0.4 is 10.1 Å². The van der Waals surface area contributed by atoms with Crippen molar-refractivity contribution in [1.82, 2.24) is 19.8 Å². The van der Waals surface area contributed by atoms with Gasteiger partial charge < -0.3 is 10.1 Å². The first-order valence-electron chi connectivity index (χ1n) is 7.51. The number of aryl methyl sites for hydroxylation is 1. The Bertz CT molecular complexity index is 804. The Hall–Kier alpha value is -2.70. The molecular formula is C16H18FN5O. The van der Waals surface area contributed by atoms with Gasteiger partial charge in [0.2, 0.25) is 0 Å². The number of benzene rings is 1. The summed E-state index contributed by atoms with van der Waals surface area (Å²) in [4.78, 5) is 0. The number of nitrogens with zero attached hydrogens (tertiary/aromatic N) is 4. The molecule has 0 amide bonds. The normalized spacial score (nSPS) is 12.3. The van der Waals surface area contributed by atoms with Gasteiger partial charge in [0.1, 0.15) is 11.9 Å². The zero-order valence-electron chi connectivity index (χ0n) is 13.0. The lowest BCUT2D eigenvalue weighted by molar-refractivity contribution is 0.200. The van der Waals surface area contributed by atoms with E-state index in [9.17, 15) is 4.39 Å². The summed E-state index contributed by atoms with van der Waals surface area (Å²) in [5.74, 6) is 1.32. The van der Waals surface area contributed by atoms with Crippen molar-refractivity contribution >= 4 is 11.5 Å². The number of para-hydroxylation sites is 1. The van der Waals surface area contributed by atoms with Gasteiger partial charge in [0.25, 0.3) is 0 Å². The second-order valence-corrected chi connectivity index (χ2v) is 5.20. The summed E-state index contributed by atoms with van der Waals surface area (Å²) < 4.78 is 21.0. The SMILES string of the molecule is CC[C@H](CNc1ccc2nnc(C)n2n1)Oc1ccccc1F. The highest BCUT2D eigenvalue weighted by Crippen LogP contribution is 2.18. The zero-order valence-corrected chi connectivity index (χ0v) is 13.0. The predicted molar refractivity (Wildman–Crippen MR) is 85.1 cm³/mol. The van der Waals surface area contributed by atoms with Crippen LogP contribution in [-0.4, -0.2) is 32.5 Å². The molecule has 1 atom stereocenters. The highest BCUT2D eigenvalue weighted by molar-refractivity contribution is 5.43. The first-order chi connectivity index (χ1) is 11.2. The van der Waals surface area contributed by atoms with E-state index in [0.29, 0.717) is 18.0 Å². The van der Waals surface area contributed by atoms with Crippen LogP contribution in [0.5, 0.6) is 5.75 Å². The van der Waals surface area contributed by atoms with Gasteiger partial charge in [-0.05, 0) is 37.6 Å². The summed E-state index contributed by atoms with van der Waals surface area (Å²) in [5.41, 5.74) is 0.697. The number of fused-ring (bicyclic) bond motifs is 1. The first kappa shape index (κ1) is 15.2. The van der Waals surface area contributed by atoms with Gasteiger partial charge in [-0.2, -0.15) is 4.52 Å². The fourth-order valence-corrected chi connectivity index (χ4v) is 2.20. The smallest absolute Gasteiger partial charge is 0.178 e. The van der Waals surface area contributed by atoms with Crippen LogP contribution in [0.25, 0.3) is 5.65 Å². The molecule has 0 aliphatic carbocycles. The fraction of sp³-hybridized carbons (Fsp3) is 0.312. The molecule has 2 heterocycles. The van der Waals surface area contributed by atoms with Crippen LogP contribution in [0.3, 0.4) is 0 Å². The van der Waals surface area contributed by atoms with E-state index in [0.717, 1.165) is 12.2 Å². The van der Waals surface area contributed by atoms with Gasteiger partial charge in [0, 0.05) is 0 Å². The van der Waals surface area contributed by atoms with Gasteiger partial charge >= 0.3 is 0 Å². The number of ether oxygens (including phenoxy) is 1. The van der Waals surface area contributed by atoms with Gasteiger partial charge in [-0.15, -0.1) is 15.3 Å². The molecule has 1 N–H and O–H groups in total. The molecule has 0 spiro atoms. The molecule has 6 nitrogen and oxygen atoms in total. The van der Waals surface area contributed by atoms with Crippen molar-refractivity contribution in [3.8, 4) is 5.75 Å². The molecule has 0 unspecified atom stereocenters. The Balaban J connectivity index is 1.67. The maximum atomic E-state index is 13.7. The van der Waals surface area contributed by atoms with E-state index in [1.54, 1.807) is 22.7 Å². The van der Waals surface area contributed by atoms with Crippen molar-refractivity contribution in [3.63, 3.8) is 0 Å². The van der Waals surface area contributed by atoms with Crippen molar-refractivity contribution in [2.24, 2.45) is 0 Å². The van der Waals surface area contributed by atoms with Gasteiger partial charge in [0.05, 0.1) is 6.54 Å². The molecule has 2 aromatic heterocycles. The third-order valence-electron chi connectivity index (χ3n) is 3.52. The lowest BCUT2D eigenvalue weighted by Crippen LogP contribution is -2.26. The molecule has 0 radical (unpaired) electrons. The van der Waals surface area contributed by atoms with E-state index in [4.69, 9.17) is 4.74 Å². The highest BCUT2D eigenvalue weighted by atomic mass is 19.1. The van der Waals surface area contributed by atoms with Crippen molar-refractivity contribution in [1.29, 1.82) is 0 Å². The molecule has 0 fully saturated rings. The van der Waals surface area contributed by atoms with Crippen molar-refractivity contribution in [2.75, 3.05) is 11.9 Å². The Morgan fingerprint density at radius 1 is 1.22 bits per heavy atom.